The molecule has 0 spiro atoms. The zero-order valence-electron chi connectivity index (χ0n) is 15.0. The molecule has 0 aliphatic rings. The van der Waals surface area contributed by atoms with E-state index in [1.165, 1.54) is 12.5 Å². The first kappa shape index (κ1) is 20.7. The average molecular weight is 404 g/mol. The van der Waals surface area contributed by atoms with Gasteiger partial charge in [-0.25, -0.2) is 4.98 Å². The molecular weight excluding hydrogens is 382 g/mol. The molecule has 0 atom stereocenters. The lowest BCUT2D eigenvalue weighted by Crippen LogP contribution is -2.17. The number of oxazole rings is 1. The molecule has 0 amide bonds. The van der Waals surface area contributed by atoms with Gasteiger partial charge in [0.15, 0.2) is 10.3 Å². The molecule has 0 fully saturated rings. The summed E-state index contributed by atoms with van der Waals surface area (Å²) in [5.74, 6) is 0.472. The number of benzene rings is 1. The molecule has 0 unspecified atom stereocenters. The highest BCUT2D eigenvalue weighted by Crippen LogP contribution is 2.18. The van der Waals surface area contributed by atoms with Gasteiger partial charge in [-0.2, -0.15) is 5.10 Å². The molecule has 1 heterocycles. The van der Waals surface area contributed by atoms with E-state index in [-0.39, 0.29) is 0 Å². The van der Waals surface area contributed by atoms with Crippen molar-refractivity contribution in [3.63, 3.8) is 0 Å². The third kappa shape index (κ3) is 6.91. The molecule has 0 bridgehead atoms. The fourth-order valence-corrected chi connectivity index (χ4v) is 2.29. The Labute approximate surface area is 168 Å². The number of nitrogens with zero attached hydrogens (tertiary/aromatic N) is 5. The van der Waals surface area contributed by atoms with Gasteiger partial charge in [-0.15, -0.1) is 40.6 Å². The van der Waals surface area contributed by atoms with Crippen molar-refractivity contribution < 1.29 is 4.42 Å². The Balaban J connectivity index is 2.30. The zero-order chi connectivity index (χ0) is 19.5. The van der Waals surface area contributed by atoms with Gasteiger partial charge >= 0.3 is 0 Å². The van der Waals surface area contributed by atoms with Crippen molar-refractivity contribution in [2.24, 2.45) is 20.4 Å². The number of thiol groups is 2. The first-order valence-corrected chi connectivity index (χ1v) is 9.17. The summed E-state index contributed by atoms with van der Waals surface area (Å²) in [7, 11) is 0. The molecule has 2 aromatic rings. The monoisotopic (exact) mass is 403 g/mol. The summed E-state index contributed by atoms with van der Waals surface area (Å²) < 4.78 is 5.55. The van der Waals surface area contributed by atoms with Crippen molar-refractivity contribution in [3.05, 3.63) is 42.3 Å². The Bertz CT molecular complexity index is 844. The van der Waals surface area contributed by atoms with E-state index in [0.29, 0.717) is 40.7 Å². The van der Waals surface area contributed by atoms with Gasteiger partial charge < -0.3 is 15.1 Å². The Morgan fingerprint density at radius 3 is 2.37 bits per heavy atom. The van der Waals surface area contributed by atoms with E-state index in [9.17, 15) is 0 Å². The maximum atomic E-state index is 5.55. The number of hydrogen-bond acceptors (Lipinski definition) is 6. The van der Waals surface area contributed by atoms with Gasteiger partial charge in [-0.3, -0.25) is 0 Å². The lowest BCUT2D eigenvalue weighted by molar-refractivity contribution is 0.574. The average Bonchev–Trinajstić information content (AvgIpc) is 3.15. The van der Waals surface area contributed by atoms with Crippen molar-refractivity contribution in [2.75, 3.05) is 13.1 Å². The van der Waals surface area contributed by atoms with Gasteiger partial charge in [0.25, 0.3) is 0 Å². The highest BCUT2D eigenvalue weighted by atomic mass is 32.1. The Morgan fingerprint density at radius 1 is 1.04 bits per heavy atom. The minimum Gasteiger partial charge on any atom is -0.444 e. The highest BCUT2D eigenvalue weighted by Gasteiger charge is 2.11. The molecule has 2 rings (SSSR count). The molecule has 27 heavy (non-hydrogen) atoms. The summed E-state index contributed by atoms with van der Waals surface area (Å²) in [5.41, 5.74) is 1.69. The Hall–Kier alpha value is -2.59. The van der Waals surface area contributed by atoms with E-state index in [2.05, 4.69) is 61.3 Å². The molecule has 1 aromatic heterocycles. The summed E-state index contributed by atoms with van der Waals surface area (Å²) in [6.45, 7) is 5.25. The number of hydrogen-bond donors (Lipinski definition) is 4. The topological polar surface area (TPSA) is 99.5 Å². The van der Waals surface area contributed by atoms with Gasteiger partial charge in [0.1, 0.15) is 17.7 Å². The van der Waals surface area contributed by atoms with E-state index in [0.717, 1.165) is 5.56 Å². The molecule has 0 aliphatic carbocycles. The quantitative estimate of drug-likeness (QED) is 0.247. The normalized spacial score (nSPS) is 13.3. The number of nitrogens with one attached hydrogen (secondary N) is 2. The van der Waals surface area contributed by atoms with Crippen LogP contribution in [0.2, 0.25) is 0 Å². The lowest BCUT2D eigenvalue weighted by Gasteiger charge is -1.98. The minimum absolute atomic E-state index is 0.367. The van der Waals surface area contributed by atoms with E-state index >= 15 is 0 Å². The van der Waals surface area contributed by atoms with Crippen molar-refractivity contribution in [1.29, 1.82) is 0 Å². The molecule has 0 radical (unpaired) electrons. The maximum absolute atomic E-state index is 5.55. The SMILES string of the molecule is CCN/C(S)=N/N=C/C(=N/N=C(\S)NCC)c1coc(-c2ccccc2)n1. The van der Waals surface area contributed by atoms with Gasteiger partial charge in [0.2, 0.25) is 5.89 Å². The largest absolute Gasteiger partial charge is 0.444 e. The van der Waals surface area contributed by atoms with Crippen LogP contribution < -0.4 is 10.6 Å². The molecule has 0 aliphatic heterocycles. The lowest BCUT2D eigenvalue weighted by atomic mass is 10.2. The second-order valence-electron chi connectivity index (χ2n) is 5.04. The van der Waals surface area contributed by atoms with E-state index < -0.39 is 0 Å². The van der Waals surface area contributed by atoms with Crippen LogP contribution in [-0.2, 0) is 0 Å². The van der Waals surface area contributed by atoms with Crippen molar-refractivity contribution >= 4 is 47.5 Å². The van der Waals surface area contributed by atoms with Gasteiger partial charge in [0, 0.05) is 18.7 Å². The molecule has 2 N–H and O–H groups in total. The second-order valence-corrected chi connectivity index (χ2v) is 5.89. The molecule has 0 saturated carbocycles. The van der Waals surface area contributed by atoms with Crippen LogP contribution in [-0.4, -0.2) is 40.3 Å². The minimum atomic E-state index is 0.367. The second kappa shape index (κ2) is 11.2. The molecule has 142 valence electrons. The van der Waals surface area contributed by atoms with Crippen LogP contribution in [0.25, 0.3) is 11.5 Å². The predicted molar refractivity (Wildman–Crippen MR) is 117 cm³/mol. The summed E-state index contributed by atoms with van der Waals surface area (Å²) in [6.07, 6.45) is 2.92. The summed E-state index contributed by atoms with van der Waals surface area (Å²) in [5, 5.41) is 22.7. The molecule has 10 heteroatoms. The van der Waals surface area contributed by atoms with Crippen LogP contribution >= 0.6 is 25.3 Å². The molecular formula is C17H21N7OS2. The number of rotatable bonds is 7. The first-order valence-electron chi connectivity index (χ1n) is 8.27. The summed E-state index contributed by atoms with van der Waals surface area (Å²) in [6, 6.07) is 9.56. The van der Waals surface area contributed by atoms with E-state index in [4.69, 9.17) is 4.42 Å². The molecule has 1 aromatic carbocycles. The van der Waals surface area contributed by atoms with Gasteiger partial charge in [0.05, 0.1) is 6.21 Å². The zero-order valence-corrected chi connectivity index (χ0v) is 16.8. The number of amidine groups is 2. The van der Waals surface area contributed by atoms with Gasteiger partial charge in [-0.1, -0.05) is 18.2 Å². The smallest absolute Gasteiger partial charge is 0.226 e. The fraction of sp³-hybridized carbons (Fsp3) is 0.235. The van der Waals surface area contributed by atoms with Crippen LogP contribution in [0, 0.1) is 0 Å². The first-order chi connectivity index (χ1) is 13.1. The summed E-state index contributed by atoms with van der Waals surface area (Å²) >= 11 is 8.37. The van der Waals surface area contributed by atoms with Crippen molar-refractivity contribution in [2.45, 2.75) is 13.8 Å². The fourth-order valence-electron chi connectivity index (χ4n) is 1.87. The van der Waals surface area contributed by atoms with Gasteiger partial charge in [-0.05, 0) is 26.0 Å². The van der Waals surface area contributed by atoms with Crippen molar-refractivity contribution in [1.82, 2.24) is 15.6 Å². The van der Waals surface area contributed by atoms with E-state index in [1.54, 1.807) is 0 Å². The predicted octanol–water partition coefficient (Wildman–Crippen LogP) is 2.82. The molecule has 8 nitrogen and oxygen atoms in total. The third-order valence-electron chi connectivity index (χ3n) is 3.04. The van der Waals surface area contributed by atoms with Crippen LogP contribution in [0.3, 0.4) is 0 Å². The van der Waals surface area contributed by atoms with Crippen LogP contribution in [0.15, 0.2) is 61.4 Å². The van der Waals surface area contributed by atoms with Crippen LogP contribution in [0.4, 0.5) is 0 Å². The van der Waals surface area contributed by atoms with Crippen molar-refractivity contribution in [3.8, 4) is 11.5 Å². The molecule has 0 saturated heterocycles. The summed E-state index contributed by atoms with van der Waals surface area (Å²) in [4.78, 5) is 4.45. The number of aromatic nitrogens is 1. The maximum Gasteiger partial charge on any atom is 0.226 e. The van der Waals surface area contributed by atoms with Crippen LogP contribution in [0.5, 0.6) is 0 Å². The van der Waals surface area contributed by atoms with Crippen LogP contribution in [0.1, 0.15) is 19.5 Å². The van der Waals surface area contributed by atoms with E-state index in [1.807, 2.05) is 44.2 Å². The standard InChI is InChI=1S/C17H21N7OS2/c1-3-18-16(26)23-20-10-13(22-24-17(27)19-4-2)14-11-25-15(21-14)12-8-6-5-7-9-12/h5-11H,3-4H2,1-2H3,(H2,18,23,26)(H2,19,24,27)/b20-10+,22-13-. The Morgan fingerprint density at radius 2 is 1.70 bits per heavy atom. The third-order valence-corrected chi connectivity index (χ3v) is 3.54. The highest BCUT2D eigenvalue weighted by molar-refractivity contribution is 7.97. The Kier molecular flexibility index (Phi) is 8.59.